The molecule has 25 heavy (non-hydrogen) atoms. The van der Waals surface area contributed by atoms with Crippen LogP contribution >= 0.6 is 0 Å². The maximum atomic E-state index is 12.4. The Bertz CT molecular complexity index is 769. The minimum absolute atomic E-state index is 0.0382. The van der Waals surface area contributed by atoms with Crippen molar-refractivity contribution in [1.82, 2.24) is 19.9 Å². The maximum absolute atomic E-state index is 12.4. The number of carbonyl (C=O) groups excluding carboxylic acids is 2. The van der Waals surface area contributed by atoms with Crippen molar-refractivity contribution in [2.45, 2.75) is 39.8 Å². The predicted molar refractivity (Wildman–Crippen MR) is 91.4 cm³/mol. The van der Waals surface area contributed by atoms with E-state index in [1.807, 2.05) is 38.1 Å². The molecule has 0 bridgehead atoms. The quantitative estimate of drug-likeness (QED) is 0.830. The molecule has 2 amide bonds. The fourth-order valence-corrected chi connectivity index (χ4v) is 2.91. The van der Waals surface area contributed by atoms with Gasteiger partial charge in [-0.25, -0.2) is 0 Å². The summed E-state index contributed by atoms with van der Waals surface area (Å²) in [6.45, 7) is 6.61. The summed E-state index contributed by atoms with van der Waals surface area (Å²) >= 11 is 0. The van der Waals surface area contributed by atoms with Gasteiger partial charge in [-0.2, -0.15) is 4.98 Å². The zero-order chi connectivity index (χ0) is 18.0. The van der Waals surface area contributed by atoms with E-state index in [-0.39, 0.29) is 24.9 Å². The molecule has 1 atom stereocenters. The van der Waals surface area contributed by atoms with Crippen LogP contribution in [0.4, 0.5) is 0 Å². The van der Waals surface area contributed by atoms with E-state index >= 15 is 0 Å². The topological polar surface area (TPSA) is 79.5 Å². The van der Waals surface area contributed by atoms with Gasteiger partial charge in [0, 0.05) is 12.1 Å². The number of aryl methyl sites for hydroxylation is 1. The molecule has 3 rings (SSSR count). The van der Waals surface area contributed by atoms with Crippen molar-refractivity contribution in [3.63, 3.8) is 0 Å². The Hall–Kier alpha value is -2.70. The van der Waals surface area contributed by atoms with E-state index in [1.165, 1.54) is 4.90 Å². The van der Waals surface area contributed by atoms with Gasteiger partial charge in [-0.05, 0) is 32.4 Å². The largest absolute Gasteiger partial charge is 0.334 e. The molecular weight excluding hydrogens is 320 g/mol. The molecular formula is C18H22N4O3. The normalized spacial score (nSPS) is 18.1. The first-order valence-corrected chi connectivity index (χ1v) is 8.47. The Morgan fingerprint density at radius 3 is 2.64 bits per heavy atom. The lowest BCUT2D eigenvalue weighted by Gasteiger charge is -2.38. The molecule has 1 saturated heterocycles. The zero-order valence-electron chi connectivity index (χ0n) is 14.7. The van der Waals surface area contributed by atoms with E-state index in [0.29, 0.717) is 18.3 Å². The highest BCUT2D eigenvalue weighted by Gasteiger charge is 2.36. The summed E-state index contributed by atoms with van der Waals surface area (Å²) in [7, 11) is 0. The second-order valence-electron chi connectivity index (χ2n) is 6.34. The van der Waals surface area contributed by atoms with Gasteiger partial charge < -0.3 is 14.3 Å². The lowest BCUT2D eigenvalue weighted by molar-refractivity contribution is -0.155. The molecule has 0 radical (unpaired) electrons. The Labute approximate surface area is 146 Å². The van der Waals surface area contributed by atoms with Crippen LogP contribution in [-0.2, 0) is 16.1 Å². The summed E-state index contributed by atoms with van der Waals surface area (Å²) in [5.41, 5.74) is 1.97. The number of benzene rings is 1. The average Bonchev–Trinajstić information content (AvgIpc) is 3.06. The molecule has 0 saturated carbocycles. The summed E-state index contributed by atoms with van der Waals surface area (Å²) in [6.07, 6.45) is 0.830. The van der Waals surface area contributed by atoms with E-state index in [1.54, 1.807) is 11.8 Å². The summed E-state index contributed by atoms with van der Waals surface area (Å²) in [5, 5.41) is 3.95. The molecule has 7 heteroatoms. The van der Waals surface area contributed by atoms with Gasteiger partial charge in [0.25, 0.3) is 5.89 Å². The average molecular weight is 342 g/mol. The number of carbonyl (C=O) groups is 2. The molecule has 132 valence electrons. The standard InChI is InChI=1S/C18H22N4O3/c1-4-9-21-11-16(23)22(13(3)18(21)24)10-15-19-17(25-20-15)14-7-5-12(2)6-8-14/h5-8,13H,4,9-11H2,1-3H3/t13-/m1/s1. The first-order valence-electron chi connectivity index (χ1n) is 8.47. The molecule has 2 heterocycles. The summed E-state index contributed by atoms with van der Waals surface area (Å²) in [4.78, 5) is 32.3. The molecule has 2 aromatic rings. The van der Waals surface area contributed by atoms with Crippen LogP contribution < -0.4 is 0 Å². The van der Waals surface area contributed by atoms with Gasteiger partial charge in [-0.15, -0.1) is 0 Å². The van der Waals surface area contributed by atoms with Crippen LogP contribution in [0, 0.1) is 6.92 Å². The molecule has 1 aromatic carbocycles. The highest BCUT2D eigenvalue weighted by atomic mass is 16.5. The monoisotopic (exact) mass is 342 g/mol. The lowest BCUT2D eigenvalue weighted by Crippen LogP contribution is -2.58. The molecule has 1 aliphatic heterocycles. The van der Waals surface area contributed by atoms with Crippen molar-refractivity contribution < 1.29 is 14.1 Å². The minimum atomic E-state index is -0.519. The van der Waals surface area contributed by atoms with E-state index < -0.39 is 6.04 Å². The van der Waals surface area contributed by atoms with Crippen molar-refractivity contribution in [3.8, 4) is 11.5 Å². The van der Waals surface area contributed by atoms with Gasteiger partial charge in [0.15, 0.2) is 5.82 Å². The van der Waals surface area contributed by atoms with Gasteiger partial charge in [0.1, 0.15) is 6.04 Å². The summed E-state index contributed by atoms with van der Waals surface area (Å²) in [6, 6.07) is 7.24. The highest BCUT2D eigenvalue weighted by Crippen LogP contribution is 2.20. The van der Waals surface area contributed by atoms with Gasteiger partial charge in [0.05, 0.1) is 13.1 Å². The van der Waals surface area contributed by atoms with Crippen LogP contribution in [-0.4, -0.2) is 50.9 Å². The number of nitrogens with zero attached hydrogens (tertiary/aromatic N) is 4. The summed E-state index contributed by atoms with van der Waals surface area (Å²) in [5.74, 6) is 0.671. The van der Waals surface area contributed by atoms with Crippen molar-refractivity contribution >= 4 is 11.8 Å². The second kappa shape index (κ2) is 7.04. The van der Waals surface area contributed by atoms with E-state index in [9.17, 15) is 9.59 Å². The maximum Gasteiger partial charge on any atom is 0.257 e. The Morgan fingerprint density at radius 2 is 1.96 bits per heavy atom. The van der Waals surface area contributed by atoms with Crippen LogP contribution in [0.5, 0.6) is 0 Å². The number of amides is 2. The van der Waals surface area contributed by atoms with Gasteiger partial charge in [0.2, 0.25) is 11.8 Å². The molecule has 7 nitrogen and oxygen atoms in total. The van der Waals surface area contributed by atoms with Gasteiger partial charge in [-0.1, -0.05) is 29.8 Å². The molecule has 0 N–H and O–H groups in total. The van der Waals surface area contributed by atoms with Crippen molar-refractivity contribution in [2.75, 3.05) is 13.1 Å². The van der Waals surface area contributed by atoms with Crippen molar-refractivity contribution in [1.29, 1.82) is 0 Å². The number of hydrogen-bond donors (Lipinski definition) is 0. The van der Waals surface area contributed by atoms with E-state index in [4.69, 9.17) is 4.52 Å². The number of rotatable bonds is 5. The summed E-state index contributed by atoms with van der Waals surface area (Å²) < 4.78 is 5.29. The third-order valence-electron chi connectivity index (χ3n) is 4.35. The van der Waals surface area contributed by atoms with Crippen LogP contribution in [0.3, 0.4) is 0 Å². The molecule has 0 unspecified atom stereocenters. The Balaban J connectivity index is 1.73. The van der Waals surface area contributed by atoms with Crippen molar-refractivity contribution in [2.24, 2.45) is 0 Å². The minimum Gasteiger partial charge on any atom is -0.334 e. The molecule has 0 aliphatic carbocycles. The third-order valence-corrected chi connectivity index (χ3v) is 4.35. The van der Waals surface area contributed by atoms with Crippen molar-refractivity contribution in [3.05, 3.63) is 35.7 Å². The van der Waals surface area contributed by atoms with E-state index in [0.717, 1.165) is 17.5 Å². The Morgan fingerprint density at radius 1 is 1.24 bits per heavy atom. The molecule has 1 aromatic heterocycles. The number of aromatic nitrogens is 2. The zero-order valence-corrected chi connectivity index (χ0v) is 14.7. The smallest absolute Gasteiger partial charge is 0.257 e. The SMILES string of the molecule is CCCN1CC(=O)N(Cc2noc(-c3ccc(C)cc3)n2)[C@H](C)C1=O. The number of hydrogen-bond acceptors (Lipinski definition) is 5. The van der Waals surface area contributed by atoms with Crippen LogP contribution in [0.15, 0.2) is 28.8 Å². The van der Waals surface area contributed by atoms with Gasteiger partial charge in [-0.3, -0.25) is 9.59 Å². The third kappa shape index (κ3) is 3.55. The Kier molecular flexibility index (Phi) is 4.83. The molecule has 1 fully saturated rings. The highest BCUT2D eigenvalue weighted by molar-refractivity contribution is 5.94. The fourth-order valence-electron chi connectivity index (χ4n) is 2.91. The predicted octanol–water partition coefficient (Wildman–Crippen LogP) is 2.01. The second-order valence-corrected chi connectivity index (χ2v) is 6.34. The van der Waals surface area contributed by atoms with E-state index in [2.05, 4.69) is 10.1 Å². The molecule has 0 spiro atoms. The first kappa shape index (κ1) is 17.1. The van der Waals surface area contributed by atoms with Gasteiger partial charge >= 0.3 is 0 Å². The lowest BCUT2D eigenvalue weighted by atomic mass is 10.1. The van der Waals surface area contributed by atoms with Crippen LogP contribution in [0.2, 0.25) is 0 Å². The first-order chi connectivity index (χ1) is 12.0. The van der Waals surface area contributed by atoms with Crippen LogP contribution in [0.25, 0.3) is 11.5 Å². The fraction of sp³-hybridized carbons (Fsp3) is 0.444. The molecule has 1 aliphatic rings. The number of piperazine rings is 1. The van der Waals surface area contributed by atoms with Crippen LogP contribution in [0.1, 0.15) is 31.7 Å².